The summed E-state index contributed by atoms with van der Waals surface area (Å²) in [6, 6.07) is 19.0. The summed E-state index contributed by atoms with van der Waals surface area (Å²) in [4.78, 5) is 24.4. The van der Waals surface area contributed by atoms with Crippen LogP contribution in [0.3, 0.4) is 0 Å². The van der Waals surface area contributed by atoms with Crippen LogP contribution >= 0.6 is 27.5 Å². The molecule has 0 bridgehead atoms. The number of rotatable bonds is 9. The number of ether oxygens (including phenoxy) is 2. The van der Waals surface area contributed by atoms with Gasteiger partial charge in [-0.3, -0.25) is 9.59 Å². The first-order chi connectivity index (χ1) is 16.0. The summed E-state index contributed by atoms with van der Waals surface area (Å²) in [5.41, 5.74) is 4.26. The van der Waals surface area contributed by atoms with Crippen LogP contribution in [0.2, 0.25) is 5.02 Å². The largest absolute Gasteiger partial charge is 0.490 e. The van der Waals surface area contributed by atoms with Gasteiger partial charge in [0.2, 0.25) is 0 Å². The molecule has 0 saturated carbocycles. The third-order valence-electron chi connectivity index (χ3n) is 4.22. The molecule has 7 nitrogen and oxygen atoms in total. The predicted octanol–water partition coefficient (Wildman–Crippen LogP) is 5.28. The van der Waals surface area contributed by atoms with Crippen LogP contribution in [-0.2, 0) is 4.79 Å². The zero-order chi connectivity index (χ0) is 23.6. The molecule has 0 spiro atoms. The first-order valence-electron chi connectivity index (χ1n) is 9.99. The summed E-state index contributed by atoms with van der Waals surface area (Å²) >= 11 is 9.31. The van der Waals surface area contributed by atoms with Crippen molar-refractivity contribution >= 4 is 51.2 Å². The minimum absolute atomic E-state index is 0.220. The third-order valence-corrected chi connectivity index (χ3v) is 5.06. The lowest BCUT2D eigenvalue weighted by Crippen LogP contribution is -2.20. The highest BCUT2D eigenvalue weighted by atomic mass is 79.9. The molecule has 0 unspecified atom stereocenters. The van der Waals surface area contributed by atoms with Gasteiger partial charge >= 0.3 is 0 Å². The van der Waals surface area contributed by atoms with Crippen LogP contribution in [0.15, 0.2) is 76.3 Å². The number of nitrogens with zero attached hydrogens (tertiary/aromatic N) is 1. The lowest BCUT2D eigenvalue weighted by molar-refractivity contribution is -0.118. The molecule has 0 radical (unpaired) electrons. The van der Waals surface area contributed by atoms with Crippen LogP contribution in [0.25, 0.3) is 0 Å². The lowest BCUT2D eigenvalue weighted by Gasteiger charge is -2.14. The number of carbonyl (C=O) groups excluding carboxylic acids is 2. The highest BCUT2D eigenvalue weighted by Crippen LogP contribution is 2.36. The van der Waals surface area contributed by atoms with Crippen LogP contribution in [0, 0.1) is 0 Å². The molecule has 3 aromatic rings. The maximum atomic E-state index is 12.3. The van der Waals surface area contributed by atoms with E-state index in [2.05, 4.69) is 31.8 Å². The number of hydrogen-bond acceptors (Lipinski definition) is 5. The average Bonchev–Trinajstić information content (AvgIpc) is 2.81. The smallest absolute Gasteiger partial charge is 0.271 e. The standard InChI is InChI=1S/C24H21BrClN3O4/c1-2-32-21-13-16(14-27-29-24(31)17-6-4-3-5-7-17)12-20(25)23(21)33-15-22(30)28-19-10-8-18(26)9-11-19/h3-14H,2,15H2,1H3,(H,28,30)(H,29,31)/b27-14+. The van der Waals surface area contributed by atoms with Crippen LogP contribution in [-0.4, -0.2) is 31.2 Å². The Bertz CT molecular complexity index is 1140. The molecule has 0 heterocycles. The van der Waals surface area contributed by atoms with E-state index in [9.17, 15) is 9.59 Å². The molecule has 0 aliphatic rings. The van der Waals surface area contributed by atoms with Gasteiger partial charge in [-0.15, -0.1) is 0 Å². The summed E-state index contributed by atoms with van der Waals surface area (Å²) in [5.74, 6) is 0.166. The molecule has 2 N–H and O–H groups in total. The fourth-order valence-electron chi connectivity index (χ4n) is 2.75. The molecule has 9 heteroatoms. The molecule has 0 aliphatic heterocycles. The van der Waals surface area contributed by atoms with E-state index >= 15 is 0 Å². The van der Waals surface area contributed by atoms with E-state index in [0.717, 1.165) is 0 Å². The zero-order valence-corrected chi connectivity index (χ0v) is 20.0. The third kappa shape index (κ3) is 7.34. The zero-order valence-electron chi connectivity index (χ0n) is 17.7. The van der Waals surface area contributed by atoms with E-state index in [1.807, 2.05) is 13.0 Å². The van der Waals surface area contributed by atoms with E-state index < -0.39 is 0 Å². The van der Waals surface area contributed by atoms with Crippen LogP contribution in [0.5, 0.6) is 11.5 Å². The quantitative estimate of drug-likeness (QED) is 0.291. The van der Waals surface area contributed by atoms with Crippen molar-refractivity contribution in [3.63, 3.8) is 0 Å². The molecule has 0 saturated heterocycles. The van der Waals surface area contributed by atoms with Gasteiger partial charge in [0.15, 0.2) is 18.1 Å². The highest BCUT2D eigenvalue weighted by molar-refractivity contribution is 9.10. The Morgan fingerprint density at radius 1 is 1.06 bits per heavy atom. The first kappa shape index (κ1) is 24.3. The van der Waals surface area contributed by atoms with Gasteiger partial charge in [0.1, 0.15) is 0 Å². The summed E-state index contributed by atoms with van der Waals surface area (Å²) in [7, 11) is 0. The van der Waals surface area contributed by atoms with Crippen molar-refractivity contribution in [2.45, 2.75) is 6.92 Å². The van der Waals surface area contributed by atoms with Crippen molar-refractivity contribution in [3.05, 3.63) is 87.4 Å². The van der Waals surface area contributed by atoms with Crippen molar-refractivity contribution in [3.8, 4) is 11.5 Å². The number of halogens is 2. The second-order valence-electron chi connectivity index (χ2n) is 6.67. The molecular formula is C24H21BrClN3O4. The average molecular weight is 531 g/mol. The van der Waals surface area contributed by atoms with Gasteiger partial charge in [0, 0.05) is 16.3 Å². The van der Waals surface area contributed by atoms with E-state index in [4.69, 9.17) is 21.1 Å². The molecule has 170 valence electrons. The van der Waals surface area contributed by atoms with Crippen molar-refractivity contribution in [2.75, 3.05) is 18.5 Å². The molecule has 3 rings (SSSR count). The number of hydrazone groups is 1. The molecule has 0 aromatic heterocycles. The first-order valence-corrected chi connectivity index (χ1v) is 11.2. The summed E-state index contributed by atoms with van der Waals surface area (Å²) in [5, 5.41) is 7.32. The fourth-order valence-corrected chi connectivity index (χ4v) is 3.45. The van der Waals surface area contributed by atoms with Gasteiger partial charge < -0.3 is 14.8 Å². The fraction of sp³-hybridized carbons (Fsp3) is 0.125. The van der Waals surface area contributed by atoms with Crippen LogP contribution in [0.4, 0.5) is 5.69 Å². The number of benzene rings is 3. The van der Waals surface area contributed by atoms with Crippen molar-refractivity contribution in [1.82, 2.24) is 5.43 Å². The Balaban J connectivity index is 1.65. The molecule has 33 heavy (non-hydrogen) atoms. The minimum atomic E-state index is -0.332. The number of hydrogen-bond donors (Lipinski definition) is 2. The Kier molecular flexibility index (Phi) is 8.86. The van der Waals surface area contributed by atoms with Gasteiger partial charge in [-0.2, -0.15) is 5.10 Å². The highest BCUT2D eigenvalue weighted by Gasteiger charge is 2.14. The summed E-state index contributed by atoms with van der Waals surface area (Å²) < 4.78 is 12.0. The van der Waals surface area contributed by atoms with Crippen molar-refractivity contribution in [1.29, 1.82) is 0 Å². The lowest BCUT2D eigenvalue weighted by atomic mass is 10.2. The Morgan fingerprint density at radius 3 is 2.48 bits per heavy atom. The second-order valence-corrected chi connectivity index (χ2v) is 7.96. The number of carbonyl (C=O) groups is 2. The molecule has 2 amide bonds. The topological polar surface area (TPSA) is 89.0 Å². The van der Waals surface area contributed by atoms with Gasteiger partial charge in [-0.25, -0.2) is 5.43 Å². The van der Waals surface area contributed by atoms with E-state index in [-0.39, 0.29) is 18.4 Å². The number of anilines is 1. The second kappa shape index (κ2) is 12.0. The molecule has 3 aromatic carbocycles. The summed E-state index contributed by atoms with van der Waals surface area (Å²) in [6.07, 6.45) is 1.49. The normalized spacial score (nSPS) is 10.6. The van der Waals surface area contributed by atoms with Gasteiger partial charge in [0.25, 0.3) is 11.8 Å². The van der Waals surface area contributed by atoms with Gasteiger partial charge in [-0.1, -0.05) is 29.8 Å². The Hall–Kier alpha value is -3.36. The summed E-state index contributed by atoms with van der Waals surface area (Å²) in [6.45, 7) is 2.01. The molecular weight excluding hydrogens is 510 g/mol. The van der Waals surface area contributed by atoms with E-state index in [0.29, 0.717) is 44.4 Å². The van der Waals surface area contributed by atoms with E-state index in [1.54, 1.807) is 60.7 Å². The maximum Gasteiger partial charge on any atom is 0.271 e. The minimum Gasteiger partial charge on any atom is -0.490 e. The van der Waals surface area contributed by atoms with Crippen LogP contribution in [0.1, 0.15) is 22.8 Å². The SMILES string of the molecule is CCOc1cc(/C=N/NC(=O)c2ccccc2)cc(Br)c1OCC(=O)Nc1ccc(Cl)cc1. The molecule has 0 atom stereocenters. The van der Waals surface area contributed by atoms with Gasteiger partial charge in [-0.05, 0) is 76.9 Å². The Morgan fingerprint density at radius 2 is 1.79 bits per heavy atom. The van der Waals surface area contributed by atoms with Gasteiger partial charge in [0.05, 0.1) is 17.3 Å². The van der Waals surface area contributed by atoms with E-state index in [1.165, 1.54) is 6.21 Å². The number of amides is 2. The number of nitrogens with one attached hydrogen (secondary N) is 2. The predicted molar refractivity (Wildman–Crippen MR) is 132 cm³/mol. The maximum absolute atomic E-state index is 12.3. The molecule has 0 aliphatic carbocycles. The van der Waals surface area contributed by atoms with Crippen molar-refractivity contribution < 1.29 is 19.1 Å². The monoisotopic (exact) mass is 529 g/mol. The molecule has 0 fully saturated rings. The van der Waals surface area contributed by atoms with Crippen LogP contribution < -0.4 is 20.2 Å². The Labute approximate surface area is 204 Å². The van der Waals surface area contributed by atoms with Crippen molar-refractivity contribution in [2.24, 2.45) is 5.10 Å².